The number of nitrogens with zero attached hydrogens (tertiary/aromatic N) is 1. The van der Waals surface area contributed by atoms with Gasteiger partial charge in [0.25, 0.3) is 0 Å². The minimum absolute atomic E-state index is 0.0550. The maximum absolute atomic E-state index is 13.8. The van der Waals surface area contributed by atoms with Gasteiger partial charge in [-0.2, -0.15) is 0 Å². The van der Waals surface area contributed by atoms with Crippen molar-refractivity contribution in [3.63, 3.8) is 0 Å². The molecule has 2 N–H and O–H groups in total. The summed E-state index contributed by atoms with van der Waals surface area (Å²) in [5, 5.41) is 9.35. The van der Waals surface area contributed by atoms with E-state index >= 15 is 0 Å². The molecule has 3 aromatic rings. The number of rotatable bonds is 1. The van der Waals surface area contributed by atoms with Crippen LogP contribution in [0.3, 0.4) is 0 Å². The van der Waals surface area contributed by atoms with Crippen molar-refractivity contribution in [3.05, 3.63) is 46.4 Å². The van der Waals surface area contributed by atoms with Gasteiger partial charge in [-0.25, -0.2) is 13.8 Å². The molecule has 0 fully saturated rings. The van der Waals surface area contributed by atoms with Gasteiger partial charge in [0.2, 0.25) is 0 Å². The summed E-state index contributed by atoms with van der Waals surface area (Å²) in [4.78, 5) is 6.90. The fourth-order valence-corrected chi connectivity index (χ4v) is 2.29. The van der Waals surface area contributed by atoms with E-state index in [0.29, 0.717) is 15.5 Å². The van der Waals surface area contributed by atoms with Gasteiger partial charge in [-0.05, 0) is 24.3 Å². The van der Waals surface area contributed by atoms with Crippen LogP contribution in [0.2, 0.25) is 0 Å². The van der Waals surface area contributed by atoms with Crippen molar-refractivity contribution < 1.29 is 13.9 Å². The molecule has 3 rings (SSSR count). The maximum atomic E-state index is 13.8. The minimum Gasteiger partial charge on any atom is -0.508 e. The average Bonchev–Trinajstić information content (AvgIpc) is 2.69. The van der Waals surface area contributed by atoms with E-state index in [-0.39, 0.29) is 17.1 Å². The van der Waals surface area contributed by atoms with Crippen LogP contribution in [0.25, 0.3) is 22.4 Å². The Morgan fingerprint density at radius 2 is 1.79 bits per heavy atom. The van der Waals surface area contributed by atoms with Crippen LogP contribution in [0.5, 0.6) is 5.75 Å². The number of fused-ring (bicyclic) bond motifs is 1. The van der Waals surface area contributed by atoms with Crippen LogP contribution in [0, 0.1) is 11.6 Å². The summed E-state index contributed by atoms with van der Waals surface area (Å²) >= 11 is 3.02. The third kappa shape index (κ3) is 2.08. The molecule has 0 spiro atoms. The molecule has 0 radical (unpaired) electrons. The van der Waals surface area contributed by atoms with Crippen LogP contribution in [-0.2, 0) is 0 Å². The van der Waals surface area contributed by atoms with Crippen LogP contribution in [-0.4, -0.2) is 15.1 Å². The predicted molar refractivity (Wildman–Crippen MR) is 70.8 cm³/mol. The largest absolute Gasteiger partial charge is 0.508 e. The number of hydrogen-bond donors (Lipinski definition) is 2. The van der Waals surface area contributed by atoms with Gasteiger partial charge in [0.15, 0.2) is 0 Å². The molecule has 0 bridgehead atoms. The van der Waals surface area contributed by atoms with E-state index in [2.05, 4.69) is 25.9 Å². The Kier molecular flexibility index (Phi) is 2.74. The first kappa shape index (κ1) is 12.1. The molecule has 19 heavy (non-hydrogen) atoms. The maximum Gasteiger partial charge on any atom is 0.144 e. The van der Waals surface area contributed by atoms with Crippen molar-refractivity contribution in [1.82, 2.24) is 9.97 Å². The highest BCUT2D eigenvalue weighted by atomic mass is 79.9. The molecule has 3 nitrogen and oxygen atoms in total. The standard InChI is InChI=1S/C13H7BrF2N2O/c14-6-3-8(15)12(9(16)4-6)13-17-10-2-1-7(19)5-11(10)18-13/h1-5,19H,(H,17,18). The topological polar surface area (TPSA) is 48.9 Å². The first-order chi connectivity index (χ1) is 9.04. The second-order valence-corrected chi connectivity index (χ2v) is 4.95. The molecular formula is C13H7BrF2N2O. The number of hydrogen-bond acceptors (Lipinski definition) is 2. The molecule has 6 heteroatoms. The Bertz CT molecular complexity index is 762. The quantitative estimate of drug-likeness (QED) is 0.711. The van der Waals surface area contributed by atoms with Gasteiger partial charge in [-0.15, -0.1) is 0 Å². The van der Waals surface area contributed by atoms with Gasteiger partial charge in [0.05, 0.1) is 16.6 Å². The number of aromatic nitrogens is 2. The van der Waals surface area contributed by atoms with Crippen molar-refractivity contribution in [2.45, 2.75) is 0 Å². The van der Waals surface area contributed by atoms with Crippen LogP contribution >= 0.6 is 15.9 Å². The number of nitrogens with one attached hydrogen (secondary N) is 1. The Morgan fingerprint density at radius 1 is 1.11 bits per heavy atom. The number of aromatic amines is 1. The summed E-state index contributed by atoms with van der Waals surface area (Å²) in [6, 6.07) is 6.81. The number of imidazole rings is 1. The number of benzene rings is 2. The number of aromatic hydroxyl groups is 1. The lowest BCUT2D eigenvalue weighted by molar-refractivity contribution is 0.476. The highest BCUT2D eigenvalue weighted by Gasteiger charge is 2.16. The molecule has 0 saturated carbocycles. The number of halogens is 3. The summed E-state index contributed by atoms with van der Waals surface area (Å²) in [5.74, 6) is -1.28. The summed E-state index contributed by atoms with van der Waals surface area (Å²) in [6.45, 7) is 0. The molecular weight excluding hydrogens is 318 g/mol. The van der Waals surface area contributed by atoms with E-state index in [1.54, 1.807) is 6.07 Å². The molecule has 0 aliphatic carbocycles. The summed E-state index contributed by atoms with van der Waals surface area (Å²) in [5.41, 5.74) is 0.810. The highest BCUT2D eigenvalue weighted by molar-refractivity contribution is 9.10. The predicted octanol–water partition coefficient (Wildman–Crippen LogP) is 3.98. The molecule has 0 aliphatic heterocycles. The minimum atomic E-state index is -0.713. The van der Waals surface area contributed by atoms with E-state index < -0.39 is 11.6 Å². The van der Waals surface area contributed by atoms with Crippen molar-refractivity contribution >= 4 is 27.0 Å². The van der Waals surface area contributed by atoms with E-state index in [4.69, 9.17) is 0 Å². The third-order valence-electron chi connectivity index (χ3n) is 2.71. The van der Waals surface area contributed by atoms with Crippen LogP contribution < -0.4 is 0 Å². The SMILES string of the molecule is Oc1ccc2nc(-c3c(F)cc(Br)cc3F)[nH]c2c1. The zero-order chi connectivity index (χ0) is 13.6. The number of phenols is 1. The molecule has 1 heterocycles. The fourth-order valence-electron chi connectivity index (χ4n) is 1.88. The summed E-state index contributed by atoms with van der Waals surface area (Å²) in [7, 11) is 0. The first-order valence-electron chi connectivity index (χ1n) is 5.38. The zero-order valence-corrected chi connectivity index (χ0v) is 11.0. The van der Waals surface area contributed by atoms with Gasteiger partial charge in [0.1, 0.15) is 23.2 Å². The van der Waals surface area contributed by atoms with E-state index in [1.807, 2.05) is 0 Å². The second kappa shape index (κ2) is 4.31. The molecule has 0 saturated heterocycles. The first-order valence-corrected chi connectivity index (χ1v) is 6.17. The molecule has 0 amide bonds. The Hall–Kier alpha value is -1.95. The number of H-pyrrole nitrogens is 1. The second-order valence-electron chi connectivity index (χ2n) is 4.03. The Labute approximate surface area is 115 Å². The molecule has 96 valence electrons. The Morgan fingerprint density at radius 3 is 2.47 bits per heavy atom. The van der Waals surface area contributed by atoms with E-state index in [1.165, 1.54) is 24.3 Å². The van der Waals surface area contributed by atoms with Gasteiger partial charge >= 0.3 is 0 Å². The number of phenolic OH excluding ortho intramolecular Hbond substituents is 1. The van der Waals surface area contributed by atoms with Crippen LogP contribution in [0.1, 0.15) is 0 Å². The van der Waals surface area contributed by atoms with E-state index in [0.717, 1.165) is 0 Å². The fraction of sp³-hybridized carbons (Fsp3) is 0. The van der Waals surface area contributed by atoms with Crippen LogP contribution in [0.15, 0.2) is 34.8 Å². The van der Waals surface area contributed by atoms with Crippen molar-refractivity contribution in [2.24, 2.45) is 0 Å². The zero-order valence-electron chi connectivity index (χ0n) is 9.42. The smallest absolute Gasteiger partial charge is 0.144 e. The molecule has 2 aromatic carbocycles. The monoisotopic (exact) mass is 324 g/mol. The lowest BCUT2D eigenvalue weighted by atomic mass is 10.2. The summed E-state index contributed by atoms with van der Waals surface area (Å²) < 4.78 is 28.0. The normalized spacial score (nSPS) is 11.1. The molecule has 1 aromatic heterocycles. The van der Waals surface area contributed by atoms with E-state index in [9.17, 15) is 13.9 Å². The third-order valence-corrected chi connectivity index (χ3v) is 3.17. The highest BCUT2D eigenvalue weighted by Crippen LogP contribution is 2.29. The lowest BCUT2D eigenvalue weighted by Crippen LogP contribution is -1.92. The van der Waals surface area contributed by atoms with Gasteiger partial charge in [-0.3, -0.25) is 0 Å². The van der Waals surface area contributed by atoms with Gasteiger partial charge in [0, 0.05) is 10.5 Å². The van der Waals surface area contributed by atoms with Crippen molar-refractivity contribution in [3.8, 4) is 17.1 Å². The summed E-state index contributed by atoms with van der Waals surface area (Å²) in [6.07, 6.45) is 0. The van der Waals surface area contributed by atoms with Crippen molar-refractivity contribution in [1.29, 1.82) is 0 Å². The van der Waals surface area contributed by atoms with Crippen molar-refractivity contribution in [2.75, 3.05) is 0 Å². The van der Waals surface area contributed by atoms with Crippen LogP contribution in [0.4, 0.5) is 8.78 Å². The molecule has 0 atom stereocenters. The Balaban J connectivity index is 2.24. The van der Waals surface area contributed by atoms with Gasteiger partial charge in [-0.1, -0.05) is 15.9 Å². The molecule has 0 aliphatic rings. The lowest BCUT2D eigenvalue weighted by Gasteiger charge is -2.02. The molecule has 0 unspecified atom stereocenters. The average molecular weight is 325 g/mol. The van der Waals surface area contributed by atoms with Gasteiger partial charge < -0.3 is 10.1 Å².